The fourth-order valence-electron chi connectivity index (χ4n) is 4.55. The lowest BCUT2D eigenvalue weighted by atomic mass is 9.88. The van der Waals surface area contributed by atoms with Crippen LogP contribution in [0.2, 0.25) is 0 Å². The lowest BCUT2D eigenvalue weighted by Gasteiger charge is -2.42. The molecule has 1 fully saturated rings. The second-order valence-corrected chi connectivity index (χ2v) is 10.0. The van der Waals surface area contributed by atoms with Crippen molar-refractivity contribution in [1.29, 1.82) is 0 Å². The first-order valence-corrected chi connectivity index (χ1v) is 13.2. The summed E-state index contributed by atoms with van der Waals surface area (Å²) in [7, 11) is 3.30. The van der Waals surface area contributed by atoms with Crippen molar-refractivity contribution >= 4 is 57.8 Å². The average molecular weight is 547 g/mol. The van der Waals surface area contributed by atoms with Crippen molar-refractivity contribution in [3.05, 3.63) is 78.4 Å². The van der Waals surface area contributed by atoms with Gasteiger partial charge < -0.3 is 35.1 Å². The SMILES string of the molecule is COc1ccc(NC(=S)Nc2ccc3c(c2)C=CC2(CCN(C(=S)Nc4ccc(OC)cc4)CC2)O3)cc1. The highest BCUT2D eigenvalue weighted by molar-refractivity contribution is 7.80. The molecule has 3 aromatic rings. The Balaban J connectivity index is 1.15. The predicted octanol–water partition coefficient (Wildman–Crippen LogP) is 6.15. The standard InChI is InChI=1S/C29H30N4O3S2/c1-34-24-8-3-21(4-9-24)30-27(37)31-23-7-12-26-20(19-23)13-14-29(36-26)15-17-33(18-16-29)28(38)32-22-5-10-25(35-2)11-6-22/h3-14,19H,15-18H2,1-2H3,(H,32,38)(H2,30,31,37). The van der Waals surface area contributed by atoms with E-state index in [1.165, 1.54) is 0 Å². The Hall–Kier alpha value is -3.82. The zero-order valence-electron chi connectivity index (χ0n) is 21.3. The molecule has 0 unspecified atom stereocenters. The molecule has 196 valence electrons. The molecule has 5 rings (SSSR count). The van der Waals surface area contributed by atoms with Crippen LogP contribution in [0, 0.1) is 0 Å². The van der Waals surface area contributed by atoms with Gasteiger partial charge in [-0.05, 0) is 97.2 Å². The fourth-order valence-corrected chi connectivity index (χ4v) is 5.08. The minimum Gasteiger partial charge on any atom is -0.497 e. The van der Waals surface area contributed by atoms with Crippen molar-refractivity contribution in [2.75, 3.05) is 43.3 Å². The van der Waals surface area contributed by atoms with E-state index in [0.717, 1.165) is 70.9 Å². The molecule has 3 N–H and O–H groups in total. The van der Waals surface area contributed by atoms with Gasteiger partial charge in [-0.2, -0.15) is 0 Å². The van der Waals surface area contributed by atoms with Gasteiger partial charge in [0.05, 0.1) is 14.2 Å². The second kappa shape index (κ2) is 11.3. The molecule has 38 heavy (non-hydrogen) atoms. The smallest absolute Gasteiger partial charge is 0.175 e. The van der Waals surface area contributed by atoms with E-state index in [-0.39, 0.29) is 5.60 Å². The number of nitrogens with zero attached hydrogens (tertiary/aromatic N) is 1. The molecule has 2 heterocycles. The van der Waals surface area contributed by atoms with Crippen molar-refractivity contribution in [3.63, 3.8) is 0 Å². The van der Waals surface area contributed by atoms with Gasteiger partial charge in [0.15, 0.2) is 10.2 Å². The van der Waals surface area contributed by atoms with Crippen LogP contribution in [0.3, 0.4) is 0 Å². The predicted molar refractivity (Wildman–Crippen MR) is 162 cm³/mol. The number of thiocarbonyl (C=S) groups is 2. The van der Waals surface area contributed by atoms with E-state index in [4.69, 9.17) is 38.6 Å². The van der Waals surface area contributed by atoms with E-state index in [9.17, 15) is 0 Å². The summed E-state index contributed by atoms with van der Waals surface area (Å²) in [4.78, 5) is 2.20. The molecule has 1 saturated heterocycles. The molecule has 1 spiro atoms. The van der Waals surface area contributed by atoms with E-state index in [1.807, 2.05) is 66.7 Å². The number of rotatable bonds is 5. The summed E-state index contributed by atoms with van der Waals surface area (Å²) < 4.78 is 17.0. The molecule has 2 aliphatic rings. The number of ether oxygens (including phenoxy) is 3. The molecule has 3 aromatic carbocycles. The number of piperidine rings is 1. The van der Waals surface area contributed by atoms with Crippen molar-refractivity contribution in [2.45, 2.75) is 18.4 Å². The maximum atomic E-state index is 6.53. The molecular weight excluding hydrogens is 516 g/mol. The molecule has 7 nitrogen and oxygen atoms in total. The highest BCUT2D eigenvalue weighted by Gasteiger charge is 2.37. The normalized spacial score (nSPS) is 15.2. The summed E-state index contributed by atoms with van der Waals surface area (Å²) >= 11 is 11.2. The summed E-state index contributed by atoms with van der Waals surface area (Å²) in [6.45, 7) is 1.62. The minimum atomic E-state index is -0.320. The van der Waals surface area contributed by atoms with Gasteiger partial charge in [0.2, 0.25) is 0 Å². The van der Waals surface area contributed by atoms with Gasteiger partial charge in [-0.15, -0.1) is 0 Å². The molecule has 0 aromatic heterocycles. The molecule has 0 amide bonds. The first kappa shape index (κ1) is 25.8. The maximum Gasteiger partial charge on any atom is 0.175 e. The van der Waals surface area contributed by atoms with Crippen LogP contribution >= 0.6 is 24.4 Å². The van der Waals surface area contributed by atoms with Crippen LogP contribution in [0.4, 0.5) is 17.1 Å². The largest absolute Gasteiger partial charge is 0.497 e. The van der Waals surface area contributed by atoms with Crippen LogP contribution in [-0.2, 0) is 0 Å². The topological polar surface area (TPSA) is 67.0 Å². The van der Waals surface area contributed by atoms with Gasteiger partial charge in [-0.3, -0.25) is 0 Å². The number of hydrogen-bond donors (Lipinski definition) is 3. The van der Waals surface area contributed by atoms with Gasteiger partial charge >= 0.3 is 0 Å². The summed E-state index contributed by atoms with van der Waals surface area (Å²) in [5.74, 6) is 2.49. The number of anilines is 3. The van der Waals surface area contributed by atoms with Crippen LogP contribution in [0.5, 0.6) is 17.2 Å². The van der Waals surface area contributed by atoms with E-state index in [0.29, 0.717) is 5.11 Å². The van der Waals surface area contributed by atoms with Gasteiger partial charge in [-0.1, -0.05) is 6.08 Å². The highest BCUT2D eigenvalue weighted by Crippen LogP contribution is 2.38. The molecule has 9 heteroatoms. The van der Waals surface area contributed by atoms with Crippen molar-refractivity contribution in [1.82, 2.24) is 4.90 Å². The monoisotopic (exact) mass is 546 g/mol. The quantitative estimate of drug-likeness (QED) is 0.327. The van der Waals surface area contributed by atoms with Gasteiger partial charge in [0.25, 0.3) is 0 Å². The molecule has 0 saturated carbocycles. The maximum absolute atomic E-state index is 6.53. The summed E-state index contributed by atoms with van der Waals surface area (Å²) in [6.07, 6.45) is 6.03. The Morgan fingerprint density at radius 3 is 1.95 bits per heavy atom. The number of fused-ring (bicyclic) bond motifs is 1. The fraction of sp³-hybridized carbons (Fsp3) is 0.241. The van der Waals surface area contributed by atoms with Crippen molar-refractivity contribution in [3.8, 4) is 17.2 Å². The highest BCUT2D eigenvalue weighted by atomic mass is 32.1. The van der Waals surface area contributed by atoms with Crippen LogP contribution < -0.4 is 30.2 Å². The summed E-state index contributed by atoms with van der Waals surface area (Å²) in [5.41, 5.74) is 3.42. The molecule has 0 radical (unpaired) electrons. The lowest BCUT2D eigenvalue weighted by Crippen LogP contribution is -2.50. The Morgan fingerprint density at radius 1 is 0.789 bits per heavy atom. The Labute approximate surface area is 233 Å². The molecular formula is C29H30N4O3S2. The van der Waals surface area contributed by atoms with Gasteiger partial charge in [-0.25, -0.2) is 0 Å². The van der Waals surface area contributed by atoms with Gasteiger partial charge in [0, 0.05) is 48.6 Å². The Bertz CT molecular complexity index is 1330. The third-order valence-electron chi connectivity index (χ3n) is 6.73. The molecule has 0 atom stereocenters. The average Bonchev–Trinajstić information content (AvgIpc) is 2.94. The third kappa shape index (κ3) is 6.00. The van der Waals surface area contributed by atoms with Crippen LogP contribution in [0.1, 0.15) is 18.4 Å². The van der Waals surface area contributed by atoms with E-state index in [2.05, 4.69) is 33.0 Å². The molecule has 2 aliphatic heterocycles. The van der Waals surface area contributed by atoms with Crippen molar-refractivity contribution in [2.24, 2.45) is 0 Å². The summed E-state index contributed by atoms with van der Waals surface area (Å²) in [5, 5.41) is 11.0. The van der Waals surface area contributed by atoms with E-state index >= 15 is 0 Å². The first-order chi connectivity index (χ1) is 18.4. The number of methoxy groups -OCH3 is 2. The number of hydrogen-bond acceptors (Lipinski definition) is 5. The van der Waals surface area contributed by atoms with Crippen LogP contribution in [-0.4, -0.2) is 48.0 Å². The zero-order chi connectivity index (χ0) is 26.5. The second-order valence-electron chi connectivity index (χ2n) is 9.21. The van der Waals surface area contributed by atoms with E-state index in [1.54, 1.807) is 14.2 Å². The number of nitrogens with one attached hydrogen (secondary N) is 3. The zero-order valence-corrected chi connectivity index (χ0v) is 23.0. The third-order valence-corrected chi connectivity index (χ3v) is 7.30. The van der Waals surface area contributed by atoms with Crippen LogP contribution in [0.15, 0.2) is 72.8 Å². The molecule has 0 bridgehead atoms. The first-order valence-electron chi connectivity index (χ1n) is 12.4. The number of likely N-dealkylation sites (tertiary alicyclic amines) is 1. The van der Waals surface area contributed by atoms with Gasteiger partial charge in [0.1, 0.15) is 22.8 Å². The van der Waals surface area contributed by atoms with Crippen molar-refractivity contribution < 1.29 is 14.2 Å². The van der Waals surface area contributed by atoms with Crippen LogP contribution in [0.25, 0.3) is 6.08 Å². The summed E-state index contributed by atoms with van der Waals surface area (Å²) in [6, 6.07) is 21.4. The molecule has 0 aliphatic carbocycles. The Morgan fingerprint density at radius 2 is 1.34 bits per heavy atom. The Kier molecular flexibility index (Phi) is 7.67. The minimum absolute atomic E-state index is 0.320. The number of benzene rings is 3. The van der Waals surface area contributed by atoms with E-state index < -0.39 is 0 Å². The lowest BCUT2D eigenvalue weighted by molar-refractivity contribution is 0.0594.